The summed E-state index contributed by atoms with van der Waals surface area (Å²) in [5, 5.41) is 9.47. The molecule has 1 heterocycles. The second kappa shape index (κ2) is 6.69. The molecule has 1 aliphatic carbocycles. The SMILES string of the molecule is Fc1ccccc1-c1nnc(SCc2ccccc2Br)n1C1CC1. The fourth-order valence-electron chi connectivity index (χ4n) is 2.62. The molecule has 122 valence electrons. The second-order valence-electron chi connectivity index (χ2n) is 5.77. The lowest BCUT2D eigenvalue weighted by molar-refractivity contribution is 0.622. The Labute approximate surface area is 152 Å². The van der Waals surface area contributed by atoms with Gasteiger partial charge in [-0.15, -0.1) is 10.2 Å². The molecule has 6 heteroatoms. The maximum Gasteiger partial charge on any atom is 0.192 e. The molecular formula is C18H15BrFN3S. The molecule has 0 saturated heterocycles. The van der Waals surface area contributed by atoms with Crippen molar-refractivity contribution in [2.75, 3.05) is 0 Å². The summed E-state index contributed by atoms with van der Waals surface area (Å²) in [6.07, 6.45) is 2.20. The molecule has 3 aromatic rings. The van der Waals surface area contributed by atoms with E-state index in [2.05, 4.69) is 36.8 Å². The zero-order valence-corrected chi connectivity index (χ0v) is 15.2. The minimum Gasteiger partial charge on any atom is -0.299 e. The molecule has 0 aliphatic heterocycles. The summed E-state index contributed by atoms with van der Waals surface area (Å²) >= 11 is 5.22. The van der Waals surface area contributed by atoms with Gasteiger partial charge in [0.25, 0.3) is 0 Å². The Morgan fingerprint density at radius 3 is 2.58 bits per heavy atom. The molecule has 1 aromatic heterocycles. The molecule has 0 N–H and O–H groups in total. The third kappa shape index (κ3) is 3.13. The van der Waals surface area contributed by atoms with Gasteiger partial charge in [0.15, 0.2) is 11.0 Å². The largest absolute Gasteiger partial charge is 0.299 e. The van der Waals surface area contributed by atoms with Crippen LogP contribution in [0.3, 0.4) is 0 Å². The van der Waals surface area contributed by atoms with Crippen molar-refractivity contribution < 1.29 is 4.39 Å². The third-order valence-electron chi connectivity index (χ3n) is 4.01. The molecule has 0 amide bonds. The Morgan fingerprint density at radius 1 is 1.08 bits per heavy atom. The minimum absolute atomic E-state index is 0.255. The Morgan fingerprint density at radius 2 is 1.83 bits per heavy atom. The third-order valence-corrected chi connectivity index (χ3v) is 5.77. The van der Waals surface area contributed by atoms with Crippen LogP contribution in [0.2, 0.25) is 0 Å². The van der Waals surface area contributed by atoms with Crippen LogP contribution in [-0.2, 0) is 5.75 Å². The van der Waals surface area contributed by atoms with E-state index < -0.39 is 0 Å². The number of benzene rings is 2. The van der Waals surface area contributed by atoms with Gasteiger partial charge >= 0.3 is 0 Å². The predicted octanol–water partition coefficient (Wildman–Crippen LogP) is 5.47. The Balaban J connectivity index is 1.65. The van der Waals surface area contributed by atoms with Gasteiger partial charge in [-0.25, -0.2) is 4.39 Å². The van der Waals surface area contributed by atoms with E-state index in [0.29, 0.717) is 17.4 Å². The van der Waals surface area contributed by atoms with Crippen LogP contribution < -0.4 is 0 Å². The molecule has 3 nitrogen and oxygen atoms in total. The van der Waals surface area contributed by atoms with Crippen LogP contribution in [-0.4, -0.2) is 14.8 Å². The van der Waals surface area contributed by atoms with E-state index in [9.17, 15) is 4.39 Å². The van der Waals surface area contributed by atoms with E-state index >= 15 is 0 Å². The monoisotopic (exact) mass is 403 g/mol. The van der Waals surface area contributed by atoms with Crippen molar-refractivity contribution in [1.82, 2.24) is 14.8 Å². The van der Waals surface area contributed by atoms with Gasteiger partial charge in [0.2, 0.25) is 0 Å². The lowest BCUT2D eigenvalue weighted by Gasteiger charge is -2.09. The van der Waals surface area contributed by atoms with Gasteiger partial charge in [-0.05, 0) is 36.6 Å². The lowest BCUT2D eigenvalue weighted by Crippen LogP contribution is -2.01. The molecule has 1 aliphatic rings. The fraction of sp³-hybridized carbons (Fsp3) is 0.222. The topological polar surface area (TPSA) is 30.7 Å². The number of rotatable bonds is 5. The van der Waals surface area contributed by atoms with Crippen molar-refractivity contribution in [2.24, 2.45) is 0 Å². The summed E-state index contributed by atoms with van der Waals surface area (Å²) in [6, 6.07) is 15.3. The zero-order chi connectivity index (χ0) is 16.5. The fourth-order valence-corrected chi connectivity index (χ4v) is 4.24. The summed E-state index contributed by atoms with van der Waals surface area (Å²) in [5.74, 6) is 1.17. The maximum atomic E-state index is 14.2. The molecule has 0 unspecified atom stereocenters. The van der Waals surface area contributed by atoms with E-state index in [1.165, 1.54) is 11.6 Å². The number of aromatic nitrogens is 3. The highest BCUT2D eigenvalue weighted by atomic mass is 79.9. The summed E-state index contributed by atoms with van der Waals surface area (Å²) in [7, 11) is 0. The van der Waals surface area contributed by atoms with Gasteiger partial charge in [-0.3, -0.25) is 4.57 Å². The first-order valence-corrected chi connectivity index (χ1v) is 9.58. The first-order valence-electron chi connectivity index (χ1n) is 7.80. The zero-order valence-electron chi connectivity index (χ0n) is 12.8. The van der Waals surface area contributed by atoms with Gasteiger partial charge in [-0.2, -0.15) is 0 Å². The summed E-state index contributed by atoms with van der Waals surface area (Å²) < 4.78 is 17.3. The first-order chi connectivity index (χ1) is 11.7. The Bertz CT molecular complexity index is 876. The highest BCUT2D eigenvalue weighted by Gasteiger charge is 2.30. The number of hydrogen-bond acceptors (Lipinski definition) is 3. The van der Waals surface area contributed by atoms with Gasteiger partial charge in [0, 0.05) is 16.3 Å². The second-order valence-corrected chi connectivity index (χ2v) is 7.56. The summed E-state index contributed by atoms with van der Waals surface area (Å²) in [4.78, 5) is 0. The molecule has 0 atom stereocenters. The molecule has 1 saturated carbocycles. The van der Waals surface area contributed by atoms with Crippen molar-refractivity contribution in [3.63, 3.8) is 0 Å². The number of thioether (sulfide) groups is 1. The Kier molecular flexibility index (Phi) is 4.41. The van der Waals surface area contributed by atoms with Crippen LogP contribution in [0, 0.1) is 5.82 Å². The van der Waals surface area contributed by atoms with Crippen LogP contribution >= 0.6 is 27.7 Å². The molecule has 0 spiro atoms. The van der Waals surface area contributed by atoms with Crippen LogP contribution in [0.1, 0.15) is 24.4 Å². The van der Waals surface area contributed by atoms with Crippen molar-refractivity contribution >= 4 is 27.7 Å². The molecule has 24 heavy (non-hydrogen) atoms. The van der Waals surface area contributed by atoms with Gasteiger partial charge < -0.3 is 0 Å². The summed E-state index contributed by atoms with van der Waals surface area (Å²) in [6.45, 7) is 0. The molecule has 0 bridgehead atoms. The average molecular weight is 404 g/mol. The highest BCUT2D eigenvalue weighted by Crippen LogP contribution is 2.42. The number of nitrogens with zero attached hydrogens (tertiary/aromatic N) is 3. The van der Waals surface area contributed by atoms with Gasteiger partial charge in [0.1, 0.15) is 5.82 Å². The van der Waals surface area contributed by atoms with E-state index in [4.69, 9.17) is 0 Å². The van der Waals surface area contributed by atoms with Crippen molar-refractivity contribution in [3.05, 3.63) is 64.4 Å². The molecule has 1 fully saturated rings. The number of hydrogen-bond donors (Lipinski definition) is 0. The molecule has 2 aromatic carbocycles. The smallest absolute Gasteiger partial charge is 0.192 e. The standard InChI is InChI=1S/C18H15BrFN3S/c19-15-7-3-1-5-12(15)11-24-18-22-21-17(23(18)13-9-10-13)14-6-2-4-8-16(14)20/h1-8,13H,9-11H2. The van der Waals surface area contributed by atoms with Crippen LogP contribution in [0.15, 0.2) is 58.2 Å². The first kappa shape index (κ1) is 15.8. The molecule has 4 rings (SSSR count). The Hall–Kier alpha value is -1.66. The van der Waals surface area contributed by atoms with Crippen molar-refractivity contribution in [1.29, 1.82) is 0 Å². The van der Waals surface area contributed by atoms with Crippen LogP contribution in [0.25, 0.3) is 11.4 Å². The van der Waals surface area contributed by atoms with Crippen LogP contribution in [0.5, 0.6) is 0 Å². The quantitative estimate of drug-likeness (QED) is 0.528. The van der Waals surface area contributed by atoms with Gasteiger partial charge in [0.05, 0.1) is 5.56 Å². The van der Waals surface area contributed by atoms with E-state index in [1.54, 1.807) is 23.9 Å². The van der Waals surface area contributed by atoms with Gasteiger partial charge in [-0.1, -0.05) is 58.0 Å². The van der Waals surface area contributed by atoms with Crippen molar-refractivity contribution in [2.45, 2.75) is 29.8 Å². The van der Waals surface area contributed by atoms with Crippen LogP contribution in [0.4, 0.5) is 4.39 Å². The van der Waals surface area contributed by atoms with E-state index in [0.717, 1.165) is 28.2 Å². The summed E-state index contributed by atoms with van der Waals surface area (Å²) in [5.41, 5.74) is 1.73. The highest BCUT2D eigenvalue weighted by molar-refractivity contribution is 9.10. The van der Waals surface area contributed by atoms with E-state index in [1.807, 2.05) is 24.3 Å². The average Bonchev–Trinajstić information content (AvgIpc) is 3.35. The number of halogens is 2. The molecule has 0 radical (unpaired) electrons. The van der Waals surface area contributed by atoms with E-state index in [-0.39, 0.29) is 5.82 Å². The normalized spacial score (nSPS) is 14.1. The molecular weight excluding hydrogens is 389 g/mol. The van der Waals surface area contributed by atoms with Crippen molar-refractivity contribution in [3.8, 4) is 11.4 Å². The minimum atomic E-state index is -0.255. The maximum absolute atomic E-state index is 14.2. The lowest BCUT2D eigenvalue weighted by atomic mass is 10.2. The predicted molar refractivity (Wildman–Crippen MR) is 97.4 cm³/mol.